The number of rotatable bonds is 6. The number of nitro benzene ring substituents is 1. The molecule has 7 heteroatoms. The third-order valence-electron chi connectivity index (χ3n) is 3.16. The number of hydrogen-bond donors (Lipinski definition) is 1. The molecule has 0 aliphatic carbocycles. The normalized spacial score (nSPS) is 11.7. The number of nitrogens with one attached hydrogen (secondary N) is 1. The molecule has 120 valence electrons. The van der Waals surface area contributed by atoms with Gasteiger partial charge in [-0.15, -0.1) is 11.8 Å². The number of halogens is 1. The highest BCUT2D eigenvalue weighted by Gasteiger charge is 2.10. The van der Waals surface area contributed by atoms with E-state index in [0.717, 1.165) is 10.5 Å². The Bertz CT molecular complexity index is 689. The predicted octanol–water partition coefficient (Wildman–Crippen LogP) is 4.22. The molecule has 0 aliphatic heterocycles. The summed E-state index contributed by atoms with van der Waals surface area (Å²) in [7, 11) is 0. The van der Waals surface area contributed by atoms with Crippen LogP contribution in [0.2, 0.25) is 5.02 Å². The summed E-state index contributed by atoms with van der Waals surface area (Å²) in [5, 5.41) is 14.1. The summed E-state index contributed by atoms with van der Waals surface area (Å²) in [6.07, 6.45) is 0. The van der Waals surface area contributed by atoms with Crippen molar-refractivity contribution in [2.45, 2.75) is 17.9 Å². The van der Waals surface area contributed by atoms with E-state index in [1.807, 2.05) is 19.1 Å². The Kier molecular flexibility index (Phi) is 6.01. The lowest BCUT2D eigenvalue weighted by Crippen LogP contribution is -2.28. The molecular weight excluding hydrogens is 336 g/mol. The van der Waals surface area contributed by atoms with E-state index in [-0.39, 0.29) is 23.4 Å². The van der Waals surface area contributed by atoms with E-state index in [1.54, 1.807) is 24.3 Å². The van der Waals surface area contributed by atoms with Crippen molar-refractivity contribution in [1.82, 2.24) is 5.32 Å². The number of benzene rings is 2. The van der Waals surface area contributed by atoms with Crippen LogP contribution in [0, 0.1) is 10.1 Å². The van der Waals surface area contributed by atoms with Gasteiger partial charge >= 0.3 is 0 Å². The number of carbonyl (C=O) groups excluding carboxylic acids is 1. The Morgan fingerprint density at radius 2 is 1.83 bits per heavy atom. The first-order valence-electron chi connectivity index (χ1n) is 6.88. The summed E-state index contributed by atoms with van der Waals surface area (Å²) in [5.41, 5.74) is 1.01. The van der Waals surface area contributed by atoms with E-state index in [4.69, 9.17) is 11.6 Å². The van der Waals surface area contributed by atoms with Gasteiger partial charge in [0.2, 0.25) is 5.91 Å². The molecule has 0 aliphatic rings. The average Bonchev–Trinajstić information content (AvgIpc) is 2.54. The zero-order chi connectivity index (χ0) is 16.8. The first-order valence-corrected chi connectivity index (χ1v) is 8.24. The highest BCUT2D eigenvalue weighted by atomic mass is 35.5. The van der Waals surface area contributed by atoms with Crippen molar-refractivity contribution in [2.75, 3.05) is 5.75 Å². The molecule has 1 N–H and O–H groups in total. The molecule has 0 fully saturated rings. The van der Waals surface area contributed by atoms with Crippen molar-refractivity contribution in [3.8, 4) is 0 Å². The van der Waals surface area contributed by atoms with Gasteiger partial charge in [0.15, 0.2) is 0 Å². The Labute approximate surface area is 143 Å². The van der Waals surface area contributed by atoms with Crippen LogP contribution in [0.3, 0.4) is 0 Å². The second kappa shape index (κ2) is 7.99. The monoisotopic (exact) mass is 350 g/mol. The van der Waals surface area contributed by atoms with Crippen LogP contribution < -0.4 is 5.32 Å². The van der Waals surface area contributed by atoms with Gasteiger partial charge in [0.25, 0.3) is 5.69 Å². The minimum absolute atomic E-state index is 0.0372. The fourth-order valence-electron chi connectivity index (χ4n) is 1.93. The number of non-ortho nitro benzene ring substituents is 1. The first kappa shape index (κ1) is 17.3. The van der Waals surface area contributed by atoms with Crippen LogP contribution in [0.1, 0.15) is 18.5 Å². The molecule has 0 bridgehead atoms. The molecule has 0 heterocycles. The van der Waals surface area contributed by atoms with E-state index in [0.29, 0.717) is 5.02 Å². The third-order valence-corrected chi connectivity index (χ3v) is 4.43. The van der Waals surface area contributed by atoms with Crippen LogP contribution in [0.25, 0.3) is 0 Å². The summed E-state index contributed by atoms with van der Waals surface area (Å²) in [6, 6.07) is 13.3. The fourth-order valence-corrected chi connectivity index (χ4v) is 2.77. The van der Waals surface area contributed by atoms with E-state index < -0.39 is 4.92 Å². The van der Waals surface area contributed by atoms with Gasteiger partial charge < -0.3 is 5.32 Å². The van der Waals surface area contributed by atoms with Crippen molar-refractivity contribution in [3.63, 3.8) is 0 Å². The molecule has 0 radical (unpaired) electrons. The average molecular weight is 351 g/mol. The minimum Gasteiger partial charge on any atom is -0.349 e. The number of thioether (sulfide) groups is 1. The van der Waals surface area contributed by atoms with Gasteiger partial charge in [-0.25, -0.2) is 0 Å². The second-order valence-corrected chi connectivity index (χ2v) is 6.37. The maximum Gasteiger partial charge on any atom is 0.269 e. The lowest BCUT2D eigenvalue weighted by molar-refractivity contribution is -0.384. The SMILES string of the molecule is C[C@@H](NC(=O)CSc1ccc([N+](=O)[O-])cc1)c1ccc(Cl)cc1. The molecular formula is C16H15ClN2O3S. The fraction of sp³-hybridized carbons (Fsp3) is 0.188. The van der Waals surface area contributed by atoms with Crippen molar-refractivity contribution in [3.05, 3.63) is 69.2 Å². The number of hydrogen-bond acceptors (Lipinski definition) is 4. The summed E-state index contributed by atoms with van der Waals surface area (Å²) in [6.45, 7) is 1.90. The summed E-state index contributed by atoms with van der Waals surface area (Å²) < 4.78 is 0. The molecule has 2 aromatic rings. The van der Waals surface area contributed by atoms with Gasteiger partial charge in [-0.3, -0.25) is 14.9 Å². The van der Waals surface area contributed by atoms with Crippen LogP contribution >= 0.6 is 23.4 Å². The summed E-state index contributed by atoms with van der Waals surface area (Å²) in [4.78, 5) is 22.9. The quantitative estimate of drug-likeness (QED) is 0.481. The molecule has 2 aromatic carbocycles. The van der Waals surface area contributed by atoms with Gasteiger partial charge in [0, 0.05) is 22.1 Å². The van der Waals surface area contributed by atoms with E-state index in [1.165, 1.54) is 23.9 Å². The third kappa shape index (κ3) is 5.26. The van der Waals surface area contributed by atoms with Gasteiger partial charge in [-0.2, -0.15) is 0 Å². The zero-order valence-electron chi connectivity index (χ0n) is 12.4. The molecule has 1 atom stereocenters. The Morgan fingerprint density at radius 1 is 1.22 bits per heavy atom. The lowest BCUT2D eigenvalue weighted by Gasteiger charge is -2.14. The molecule has 2 rings (SSSR count). The number of nitrogens with zero attached hydrogens (tertiary/aromatic N) is 1. The number of amides is 1. The van der Waals surface area contributed by atoms with Crippen molar-refractivity contribution in [2.24, 2.45) is 0 Å². The van der Waals surface area contributed by atoms with Crippen LogP contribution in [0.5, 0.6) is 0 Å². The first-order chi connectivity index (χ1) is 11.0. The lowest BCUT2D eigenvalue weighted by atomic mass is 10.1. The van der Waals surface area contributed by atoms with Gasteiger partial charge in [-0.05, 0) is 36.8 Å². The van der Waals surface area contributed by atoms with Gasteiger partial charge in [-0.1, -0.05) is 23.7 Å². The minimum atomic E-state index is -0.449. The molecule has 0 spiro atoms. The smallest absolute Gasteiger partial charge is 0.269 e. The van der Waals surface area contributed by atoms with Crippen molar-refractivity contribution >= 4 is 35.0 Å². The van der Waals surface area contributed by atoms with Crippen LogP contribution in [-0.2, 0) is 4.79 Å². The molecule has 0 aromatic heterocycles. The van der Waals surface area contributed by atoms with Gasteiger partial charge in [0.05, 0.1) is 16.7 Å². The second-order valence-electron chi connectivity index (χ2n) is 4.88. The standard InChI is InChI=1S/C16H15ClN2O3S/c1-11(12-2-4-13(17)5-3-12)18-16(20)10-23-15-8-6-14(7-9-15)19(21)22/h2-9,11H,10H2,1H3,(H,18,20)/t11-/m1/s1. The maximum atomic E-state index is 12.0. The van der Waals surface area contributed by atoms with Crippen LogP contribution in [-0.4, -0.2) is 16.6 Å². The maximum absolute atomic E-state index is 12.0. The predicted molar refractivity (Wildman–Crippen MR) is 91.8 cm³/mol. The van der Waals surface area contributed by atoms with E-state index in [2.05, 4.69) is 5.32 Å². The highest BCUT2D eigenvalue weighted by Crippen LogP contribution is 2.22. The molecule has 1 amide bonds. The van der Waals surface area contributed by atoms with Crippen LogP contribution in [0.4, 0.5) is 5.69 Å². The van der Waals surface area contributed by atoms with E-state index in [9.17, 15) is 14.9 Å². The molecule has 5 nitrogen and oxygen atoms in total. The Hall–Kier alpha value is -2.05. The highest BCUT2D eigenvalue weighted by molar-refractivity contribution is 8.00. The number of nitro groups is 1. The van der Waals surface area contributed by atoms with Gasteiger partial charge in [0.1, 0.15) is 0 Å². The molecule has 0 saturated carbocycles. The molecule has 0 unspecified atom stereocenters. The summed E-state index contributed by atoms with van der Waals surface area (Å²) in [5.74, 6) is 0.145. The van der Waals surface area contributed by atoms with Crippen molar-refractivity contribution < 1.29 is 9.72 Å². The Balaban J connectivity index is 1.84. The zero-order valence-corrected chi connectivity index (χ0v) is 13.9. The number of carbonyl (C=O) groups is 1. The molecule has 0 saturated heterocycles. The topological polar surface area (TPSA) is 72.2 Å². The van der Waals surface area contributed by atoms with E-state index >= 15 is 0 Å². The van der Waals surface area contributed by atoms with Crippen molar-refractivity contribution in [1.29, 1.82) is 0 Å². The van der Waals surface area contributed by atoms with Crippen LogP contribution in [0.15, 0.2) is 53.4 Å². The molecule has 23 heavy (non-hydrogen) atoms. The Morgan fingerprint density at radius 3 is 2.39 bits per heavy atom. The summed E-state index contributed by atoms with van der Waals surface area (Å²) >= 11 is 7.17. The largest absolute Gasteiger partial charge is 0.349 e.